The number of piperidine rings is 1. The lowest BCUT2D eigenvalue weighted by atomic mass is 9.87. The molecule has 1 unspecified atom stereocenters. The Morgan fingerprint density at radius 1 is 1.22 bits per heavy atom. The van der Waals surface area contributed by atoms with Crippen molar-refractivity contribution < 1.29 is 0 Å². The normalized spacial score (nSPS) is 18.7. The van der Waals surface area contributed by atoms with Gasteiger partial charge in [0.15, 0.2) is 0 Å². The molecule has 0 amide bonds. The van der Waals surface area contributed by atoms with Crippen LogP contribution in [0.2, 0.25) is 0 Å². The van der Waals surface area contributed by atoms with Gasteiger partial charge in [0.1, 0.15) is 0 Å². The molecule has 1 heterocycles. The first-order valence-corrected chi connectivity index (χ1v) is 13.9. The van der Waals surface area contributed by atoms with Gasteiger partial charge in [0.05, 0.1) is 5.71 Å². The molecule has 2 atom stereocenters. The van der Waals surface area contributed by atoms with Crippen molar-refractivity contribution in [2.24, 2.45) is 4.99 Å². The van der Waals surface area contributed by atoms with Crippen molar-refractivity contribution in [3.63, 3.8) is 0 Å². The van der Waals surface area contributed by atoms with E-state index in [-0.39, 0.29) is 0 Å². The number of likely N-dealkylation sites (N-methyl/N-ethyl adjacent to an activating group) is 1. The van der Waals surface area contributed by atoms with Crippen molar-refractivity contribution >= 4 is 17.5 Å². The van der Waals surface area contributed by atoms with Crippen molar-refractivity contribution in [2.75, 3.05) is 27.2 Å². The lowest BCUT2D eigenvalue weighted by Gasteiger charge is -2.34. The van der Waals surface area contributed by atoms with Crippen molar-refractivity contribution in [2.45, 2.75) is 78.2 Å². The monoisotopic (exact) mass is 485 g/mol. The highest BCUT2D eigenvalue weighted by Gasteiger charge is 2.18. The Labute approximate surface area is 219 Å². The zero-order valence-electron chi connectivity index (χ0n) is 23.5. The molecule has 3 heteroatoms. The van der Waals surface area contributed by atoms with Gasteiger partial charge >= 0.3 is 0 Å². The zero-order valence-corrected chi connectivity index (χ0v) is 23.5. The molecule has 3 rings (SSSR count). The van der Waals surface area contributed by atoms with Gasteiger partial charge in [-0.25, -0.2) is 0 Å². The van der Waals surface area contributed by atoms with Crippen LogP contribution >= 0.6 is 0 Å². The molecule has 0 radical (unpaired) electrons. The second-order valence-corrected chi connectivity index (χ2v) is 10.3. The van der Waals surface area contributed by atoms with E-state index in [9.17, 15) is 0 Å². The Balaban J connectivity index is 2.00. The lowest BCUT2D eigenvalue weighted by molar-refractivity contribution is 0.277. The van der Waals surface area contributed by atoms with Gasteiger partial charge in [-0.3, -0.25) is 4.99 Å². The van der Waals surface area contributed by atoms with Gasteiger partial charge in [0, 0.05) is 43.2 Å². The van der Waals surface area contributed by atoms with E-state index >= 15 is 0 Å². The van der Waals surface area contributed by atoms with Gasteiger partial charge in [0.2, 0.25) is 0 Å². The fraction of sp³-hybridized carbons (Fsp3) is 0.485. The predicted molar refractivity (Wildman–Crippen MR) is 158 cm³/mol. The van der Waals surface area contributed by atoms with Gasteiger partial charge < -0.3 is 10.2 Å². The van der Waals surface area contributed by atoms with Crippen LogP contribution in [0.5, 0.6) is 0 Å². The Hall–Kier alpha value is -2.65. The summed E-state index contributed by atoms with van der Waals surface area (Å²) >= 11 is 0. The number of rotatable bonds is 10. The van der Waals surface area contributed by atoms with Crippen LogP contribution in [0.1, 0.15) is 81.9 Å². The van der Waals surface area contributed by atoms with Crippen LogP contribution in [-0.4, -0.2) is 43.8 Å². The Morgan fingerprint density at radius 3 is 2.67 bits per heavy atom. The molecule has 2 aromatic carbocycles. The van der Waals surface area contributed by atoms with Crippen LogP contribution in [0.25, 0.3) is 11.8 Å². The Kier molecular flexibility index (Phi) is 10.6. The number of nitrogens with one attached hydrogen (secondary N) is 1. The predicted octanol–water partition coefficient (Wildman–Crippen LogP) is 5.95. The average molecular weight is 486 g/mol. The van der Waals surface area contributed by atoms with Crippen LogP contribution < -0.4 is 15.8 Å². The highest BCUT2D eigenvalue weighted by molar-refractivity contribution is 6.17. The van der Waals surface area contributed by atoms with E-state index < -0.39 is 0 Å². The summed E-state index contributed by atoms with van der Waals surface area (Å²) in [5.74, 6) is 0.599. The van der Waals surface area contributed by atoms with Crippen molar-refractivity contribution in [3.8, 4) is 0 Å². The first kappa shape index (κ1) is 27.9. The van der Waals surface area contributed by atoms with E-state index in [1.54, 1.807) is 0 Å². The number of hydrogen-bond acceptors (Lipinski definition) is 3. The van der Waals surface area contributed by atoms with E-state index in [1.165, 1.54) is 71.3 Å². The number of unbranched alkanes of at least 4 members (excludes halogenated alkanes) is 1. The van der Waals surface area contributed by atoms with E-state index in [1.807, 2.05) is 7.05 Å². The topological polar surface area (TPSA) is 27.6 Å². The largest absolute Gasteiger partial charge is 0.373 e. The van der Waals surface area contributed by atoms with E-state index in [4.69, 9.17) is 4.99 Å². The molecule has 0 aromatic heterocycles. The standard InChI is InChI=1S/C33H47N3/c1-8-10-14-27(9-2)28-19-18-24(3)32(22-28)33(34-6)25(4)21-29-15-11-12-17-31(29)26(5)36(7)30-16-13-20-35-23-30/h11-12,15,17-19,21-22,27,30,35H,4,8-10,13-14,16,20,23H2,1-3,5-7H3/b29-21-,31-26+,34-33?/t27?,30-/m0/s1. The average Bonchev–Trinajstić information content (AvgIpc) is 2.91. The van der Waals surface area contributed by atoms with Crippen molar-refractivity contribution in [1.82, 2.24) is 10.2 Å². The maximum absolute atomic E-state index is 4.75. The van der Waals surface area contributed by atoms with Crippen LogP contribution in [0.15, 0.2) is 59.6 Å². The maximum atomic E-state index is 4.75. The van der Waals surface area contributed by atoms with Crippen LogP contribution in [0.3, 0.4) is 0 Å². The molecule has 0 saturated carbocycles. The van der Waals surface area contributed by atoms with Gasteiger partial charge in [-0.2, -0.15) is 0 Å². The SMILES string of the molecule is C=C(/C=c1/cccc/c1=C(/C)N(C)[C@H]1CCCNC1)C(=NC)c1cc(C(CC)CCCC)ccc1C. The molecule has 1 aliphatic rings. The highest BCUT2D eigenvalue weighted by atomic mass is 15.2. The maximum Gasteiger partial charge on any atom is 0.0712 e. The summed E-state index contributed by atoms with van der Waals surface area (Å²) in [5, 5.41) is 6.01. The molecule has 194 valence electrons. The number of hydrogen-bond donors (Lipinski definition) is 1. The number of aryl methyl sites for hydroxylation is 1. The Morgan fingerprint density at radius 2 is 2.00 bits per heavy atom. The van der Waals surface area contributed by atoms with Gasteiger partial charge in [0.25, 0.3) is 0 Å². The van der Waals surface area contributed by atoms with E-state index in [0.29, 0.717) is 12.0 Å². The van der Waals surface area contributed by atoms with E-state index in [2.05, 4.69) is 100 Å². The van der Waals surface area contributed by atoms with Gasteiger partial charge in [-0.15, -0.1) is 0 Å². The summed E-state index contributed by atoms with van der Waals surface area (Å²) in [6.07, 6.45) is 9.61. The molecule has 1 saturated heterocycles. The number of benzene rings is 2. The molecule has 0 aliphatic carbocycles. The Bertz CT molecular complexity index is 1170. The molecule has 0 spiro atoms. The summed E-state index contributed by atoms with van der Waals surface area (Å²) in [7, 11) is 4.12. The molecule has 1 aliphatic heterocycles. The van der Waals surface area contributed by atoms with E-state index in [0.717, 1.165) is 24.4 Å². The zero-order chi connectivity index (χ0) is 26.1. The molecular weight excluding hydrogens is 438 g/mol. The van der Waals surface area contributed by atoms with Crippen LogP contribution in [0.4, 0.5) is 0 Å². The van der Waals surface area contributed by atoms with Gasteiger partial charge in [-0.05, 0) is 86.1 Å². The molecule has 1 fully saturated rings. The lowest BCUT2D eigenvalue weighted by Crippen LogP contribution is -2.45. The number of aliphatic imine (C=N–C) groups is 1. The van der Waals surface area contributed by atoms with Crippen LogP contribution in [0, 0.1) is 6.92 Å². The molecule has 1 N–H and O–H groups in total. The first-order chi connectivity index (χ1) is 17.4. The molecule has 0 bridgehead atoms. The van der Waals surface area contributed by atoms with Gasteiger partial charge in [-0.1, -0.05) is 69.7 Å². The number of allylic oxidation sites excluding steroid dienone is 1. The fourth-order valence-corrected chi connectivity index (χ4v) is 5.48. The third-order valence-corrected chi connectivity index (χ3v) is 7.94. The summed E-state index contributed by atoms with van der Waals surface area (Å²) in [4.78, 5) is 7.20. The van der Waals surface area contributed by atoms with Crippen molar-refractivity contribution in [3.05, 3.63) is 81.7 Å². The first-order valence-electron chi connectivity index (χ1n) is 13.9. The quantitative estimate of drug-likeness (QED) is 0.421. The number of nitrogens with zero attached hydrogens (tertiary/aromatic N) is 2. The summed E-state index contributed by atoms with van der Waals surface area (Å²) in [6.45, 7) is 15.7. The third kappa shape index (κ3) is 6.76. The highest BCUT2D eigenvalue weighted by Crippen LogP contribution is 2.28. The minimum Gasteiger partial charge on any atom is -0.373 e. The minimum atomic E-state index is 0.535. The van der Waals surface area contributed by atoms with Crippen molar-refractivity contribution in [1.29, 1.82) is 0 Å². The second kappa shape index (κ2) is 13.6. The second-order valence-electron chi connectivity index (χ2n) is 10.3. The fourth-order valence-electron chi connectivity index (χ4n) is 5.48. The third-order valence-electron chi connectivity index (χ3n) is 7.94. The molecule has 3 nitrogen and oxygen atoms in total. The van der Waals surface area contributed by atoms with Crippen LogP contribution in [-0.2, 0) is 0 Å². The summed E-state index contributed by atoms with van der Waals surface area (Å²) in [6, 6.07) is 16.2. The smallest absolute Gasteiger partial charge is 0.0712 e. The molecule has 36 heavy (non-hydrogen) atoms. The molecule has 2 aromatic rings. The molecular formula is C33H47N3. The minimum absolute atomic E-state index is 0.535. The summed E-state index contributed by atoms with van der Waals surface area (Å²) in [5.41, 5.74) is 7.12. The summed E-state index contributed by atoms with van der Waals surface area (Å²) < 4.78 is 0.